The van der Waals surface area contributed by atoms with E-state index in [-0.39, 0.29) is 12.0 Å². The first kappa shape index (κ1) is 18.2. The van der Waals surface area contributed by atoms with Crippen LogP contribution in [0.15, 0.2) is 54.9 Å². The molecule has 9 heteroatoms. The molecule has 1 saturated heterocycles. The Hall–Kier alpha value is -2.88. The normalized spacial score (nSPS) is 16.2. The van der Waals surface area contributed by atoms with Gasteiger partial charge in [0.1, 0.15) is 16.0 Å². The van der Waals surface area contributed by atoms with Crippen LogP contribution in [0.1, 0.15) is 33.6 Å². The van der Waals surface area contributed by atoms with Crippen LogP contribution < -0.4 is 5.32 Å². The van der Waals surface area contributed by atoms with Crippen LogP contribution >= 0.6 is 22.7 Å². The highest BCUT2D eigenvalue weighted by molar-refractivity contribution is 7.17. The summed E-state index contributed by atoms with van der Waals surface area (Å²) >= 11 is 2.70. The second-order valence-electron chi connectivity index (χ2n) is 6.53. The van der Waals surface area contributed by atoms with Gasteiger partial charge in [0.15, 0.2) is 5.13 Å². The summed E-state index contributed by atoms with van der Waals surface area (Å²) in [5, 5.41) is 13.2. The molecule has 5 rings (SSSR count). The number of hydrogen-bond acceptors (Lipinski definition) is 7. The Morgan fingerprint density at radius 3 is 2.69 bits per heavy atom. The van der Waals surface area contributed by atoms with Crippen molar-refractivity contribution in [3.63, 3.8) is 0 Å². The van der Waals surface area contributed by atoms with Crippen LogP contribution in [0.25, 0.3) is 16.4 Å². The summed E-state index contributed by atoms with van der Waals surface area (Å²) in [5.41, 5.74) is 1.55. The molecule has 0 spiro atoms. The van der Waals surface area contributed by atoms with Crippen LogP contribution in [-0.4, -0.2) is 32.3 Å². The molecule has 0 radical (unpaired) electrons. The highest BCUT2D eigenvalue weighted by atomic mass is 32.1. The first-order valence-corrected chi connectivity index (χ1v) is 10.9. The molecule has 7 nitrogen and oxygen atoms in total. The Labute approximate surface area is 175 Å². The van der Waals surface area contributed by atoms with E-state index in [1.54, 1.807) is 0 Å². The van der Waals surface area contributed by atoms with E-state index in [1.807, 2.05) is 59.4 Å². The molecule has 0 bridgehead atoms. The molecule has 1 N–H and O–H groups in total. The lowest BCUT2D eigenvalue weighted by atomic mass is 10.1. The predicted octanol–water partition coefficient (Wildman–Crippen LogP) is 4.56. The zero-order valence-corrected chi connectivity index (χ0v) is 16.9. The van der Waals surface area contributed by atoms with Crippen molar-refractivity contribution in [1.29, 1.82) is 0 Å². The Balaban J connectivity index is 1.45. The minimum Gasteiger partial charge on any atom is -0.371 e. The van der Waals surface area contributed by atoms with Crippen molar-refractivity contribution < 1.29 is 9.53 Å². The van der Waals surface area contributed by atoms with Gasteiger partial charge in [-0.25, -0.2) is 4.98 Å². The number of amides is 1. The van der Waals surface area contributed by atoms with Gasteiger partial charge >= 0.3 is 0 Å². The molecule has 4 heterocycles. The largest absolute Gasteiger partial charge is 0.371 e. The number of nitrogens with zero attached hydrogens (tertiary/aromatic N) is 4. The number of aromatic nitrogens is 4. The van der Waals surface area contributed by atoms with Gasteiger partial charge in [-0.15, -0.1) is 10.2 Å². The van der Waals surface area contributed by atoms with E-state index < -0.39 is 0 Å². The van der Waals surface area contributed by atoms with Gasteiger partial charge < -0.3 is 9.30 Å². The molecule has 1 aromatic carbocycles. The molecule has 29 heavy (non-hydrogen) atoms. The van der Waals surface area contributed by atoms with Crippen molar-refractivity contribution in [2.75, 3.05) is 11.9 Å². The molecule has 1 amide bonds. The van der Waals surface area contributed by atoms with E-state index in [1.165, 1.54) is 22.7 Å². The van der Waals surface area contributed by atoms with Gasteiger partial charge in [-0.3, -0.25) is 10.1 Å². The predicted molar refractivity (Wildman–Crippen MR) is 113 cm³/mol. The summed E-state index contributed by atoms with van der Waals surface area (Å²) in [7, 11) is 0. The number of carbonyl (C=O) groups is 1. The van der Waals surface area contributed by atoms with Crippen molar-refractivity contribution in [3.05, 3.63) is 64.7 Å². The van der Waals surface area contributed by atoms with Crippen molar-refractivity contribution in [2.24, 2.45) is 0 Å². The third-order valence-corrected chi connectivity index (χ3v) is 6.56. The number of hydrogen-bond donors (Lipinski definition) is 1. The number of nitrogens with one attached hydrogen (secondary N) is 1. The Bertz CT molecular complexity index is 1120. The highest BCUT2D eigenvalue weighted by Gasteiger charge is 2.24. The van der Waals surface area contributed by atoms with E-state index in [0.717, 1.165) is 35.2 Å². The van der Waals surface area contributed by atoms with Gasteiger partial charge in [-0.2, -0.15) is 0 Å². The average molecular weight is 424 g/mol. The minimum absolute atomic E-state index is 0.0122. The fourth-order valence-electron chi connectivity index (χ4n) is 3.17. The molecule has 1 aliphatic rings. The second-order valence-corrected chi connectivity index (χ2v) is 8.52. The molecule has 0 unspecified atom stereocenters. The van der Waals surface area contributed by atoms with Gasteiger partial charge in [-0.05, 0) is 25.0 Å². The highest BCUT2D eigenvalue weighted by Crippen LogP contribution is 2.34. The molecular weight excluding hydrogens is 406 g/mol. The van der Waals surface area contributed by atoms with Crippen molar-refractivity contribution >= 4 is 33.7 Å². The Morgan fingerprint density at radius 1 is 1.10 bits per heavy atom. The minimum atomic E-state index is -0.241. The fourth-order valence-corrected chi connectivity index (χ4v) is 4.94. The molecule has 1 atom stereocenters. The molecule has 1 aliphatic heterocycles. The van der Waals surface area contributed by atoms with Crippen LogP contribution in [0.2, 0.25) is 0 Å². The summed E-state index contributed by atoms with van der Waals surface area (Å²) in [5.74, 6) is -0.241. The maximum absolute atomic E-state index is 13.1. The summed E-state index contributed by atoms with van der Waals surface area (Å²) in [6.45, 7) is 0.745. The van der Waals surface area contributed by atoms with E-state index >= 15 is 0 Å². The van der Waals surface area contributed by atoms with Crippen LogP contribution in [0, 0.1) is 0 Å². The molecule has 146 valence electrons. The zero-order chi connectivity index (χ0) is 19.6. The number of thiazole rings is 1. The third-order valence-electron chi connectivity index (χ3n) is 4.56. The van der Waals surface area contributed by atoms with Crippen molar-refractivity contribution in [3.8, 4) is 16.4 Å². The van der Waals surface area contributed by atoms with E-state index in [2.05, 4.69) is 15.5 Å². The van der Waals surface area contributed by atoms with E-state index in [4.69, 9.17) is 9.72 Å². The molecular formula is C20H17N5O2S2. The molecule has 0 saturated carbocycles. The van der Waals surface area contributed by atoms with Crippen LogP contribution in [0.4, 0.5) is 5.13 Å². The summed E-state index contributed by atoms with van der Waals surface area (Å²) in [4.78, 5) is 18.3. The Kier molecular flexibility index (Phi) is 4.92. The van der Waals surface area contributed by atoms with Crippen LogP contribution in [0.3, 0.4) is 0 Å². The molecule has 1 fully saturated rings. The number of benzene rings is 1. The maximum atomic E-state index is 13.1. The van der Waals surface area contributed by atoms with Crippen LogP contribution in [0.5, 0.6) is 0 Å². The van der Waals surface area contributed by atoms with E-state index in [0.29, 0.717) is 15.7 Å². The maximum Gasteiger partial charge on any atom is 0.269 e. The lowest BCUT2D eigenvalue weighted by Gasteiger charge is -2.03. The quantitative estimate of drug-likeness (QED) is 0.509. The number of rotatable bonds is 5. The monoisotopic (exact) mass is 423 g/mol. The van der Waals surface area contributed by atoms with Gasteiger partial charge in [0.25, 0.3) is 5.91 Å². The first-order chi connectivity index (χ1) is 14.3. The standard InChI is InChI=1S/C20H17N5O2S2/c26-17(22-19-24-23-18(29-19)14-9-6-12-27-14)16-15(13-7-2-1-3-8-13)21-20(28-16)25-10-4-5-11-25/h1-5,7-8,10-11,14H,6,9,12H2,(H,22,24,26)/t14-/m0/s1. The van der Waals surface area contributed by atoms with E-state index in [9.17, 15) is 4.79 Å². The average Bonchev–Trinajstić information content (AvgIpc) is 3.55. The lowest BCUT2D eigenvalue weighted by molar-refractivity contribution is 0.103. The summed E-state index contributed by atoms with van der Waals surface area (Å²) in [6.07, 6.45) is 5.77. The van der Waals surface area contributed by atoms with Crippen LogP contribution in [-0.2, 0) is 4.74 Å². The molecule has 4 aromatic rings. The van der Waals surface area contributed by atoms with Crippen molar-refractivity contribution in [2.45, 2.75) is 18.9 Å². The Morgan fingerprint density at radius 2 is 1.93 bits per heavy atom. The number of carbonyl (C=O) groups excluding carboxylic acids is 1. The third kappa shape index (κ3) is 3.71. The van der Waals surface area contributed by atoms with Gasteiger partial charge in [0.05, 0.1) is 5.69 Å². The second kappa shape index (κ2) is 7.86. The zero-order valence-electron chi connectivity index (χ0n) is 15.3. The lowest BCUT2D eigenvalue weighted by Crippen LogP contribution is -2.11. The van der Waals surface area contributed by atoms with Gasteiger partial charge in [0, 0.05) is 24.6 Å². The number of anilines is 1. The summed E-state index contributed by atoms with van der Waals surface area (Å²) < 4.78 is 7.55. The summed E-state index contributed by atoms with van der Waals surface area (Å²) in [6, 6.07) is 13.6. The van der Waals surface area contributed by atoms with Crippen molar-refractivity contribution in [1.82, 2.24) is 19.7 Å². The number of ether oxygens (including phenoxy) is 1. The van der Waals surface area contributed by atoms with Gasteiger partial charge in [-0.1, -0.05) is 53.0 Å². The topological polar surface area (TPSA) is 81.9 Å². The smallest absolute Gasteiger partial charge is 0.269 e. The van der Waals surface area contributed by atoms with Gasteiger partial charge in [0.2, 0.25) is 5.13 Å². The fraction of sp³-hybridized carbons (Fsp3) is 0.200. The SMILES string of the molecule is O=C(Nc1nnc([C@@H]2CCCO2)s1)c1sc(-n2cccc2)nc1-c1ccccc1. The molecule has 0 aliphatic carbocycles. The first-order valence-electron chi connectivity index (χ1n) is 9.24. The molecule has 3 aromatic heterocycles.